The van der Waals surface area contributed by atoms with Crippen molar-refractivity contribution in [2.75, 3.05) is 0 Å². The Balaban J connectivity index is 2.64. The van der Waals surface area contributed by atoms with E-state index in [1.165, 1.54) is 0 Å². The molecule has 2 nitrogen and oxygen atoms in total. The van der Waals surface area contributed by atoms with Gasteiger partial charge in [-0.1, -0.05) is 24.6 Å². The summed E-state index contributed by atoms with van der Waals surface area (Å²) < 4.78 is 1.97. The molecule has 0 saturated carbocycles. The van der Waals surface area contributed by atoms with Crippen LogP contribution >= 0.6 is 11.6 Å². The van der Waals surface area contributed by atoms with E-state index in [1.807, 2.05) is 42.0 Å². The number of nitrogens with zero attached hydrogens (tertiary/aromatic N) is 2. The first-order valence-electron chi connectivity index (χ1n) is 4.92. The Morgan fingerprint density at radius 1 is 1.47 bits per heavy atom. The standard InChI is InChI=1S/C12H11ClN2/c1-2-9(8-14)15-7-6-10-11(13)4-3-5-12(10)15/h3-7,9H,2H2,1H3. The summed E-state index contributed by atoms with van der Waals surface area (Å²) in [7, 11) is 0. The van der Waals surface area contributed by atoms with Crippen LogP contribution in [-0.4, -0.2) is 4.57 Å². The first-order chi connectivity index (χ1) is 7.27. The highest BCUT2D eigenvalue weighted by Gasteiger charge is 2.10. The van der Waals surface area contributed by atoms with Gasteiger partial charge in [0.15, 0.2) is 0 Å². The van der Waals surface area contributed by atoms with Crippen molar-refractivity contribution in [3.63, 3.8) is 0 Å². The van der Waals surface area contributed by atoms with Crippen molar-refractivity contribution < 1.29 is 0 Å². The van der Waals surface area contributed by atoms with Crippen LogP contribution in [-0.2, 0) is 0 Å². The second kappa shape index (κ2) is 3.96. The number of hydrogen-bond donors (Lipinski definition) is 0. The van der Waals surface area contributed by atoms with Crippen LogP contribution in [0.4, 0.5) is 0 Å². The van der Waals surface area contributed by atoms with Gasteiger partial charge in [-0.05, 0) is 24.6 Å². The molecule has 15 heavy (non-hydrogen) atoms. The minimum Gasteiger partial charge on any atom is -0.331 e. The van der Waals surface area contributed by atoms with Crippen LogP contribution in [0.1, 0.15) is 19.4 Å². The molecule has 1 unspecified atom stereocenters. The second-order valence-electron chi connectivity index (χ2n) is 3.45. The zero-order valence-corrected chi connectivity index (χ0v) is 9.20. The Morgan fingerprint density at radius 2 is 2.27 bits per heavy atom. The van der Waals surface area contributed by atoms with E-state index < -0.39 is 0 Å². The molecule has 0 saturated heterocycles. The van der Waals surface area contributed by atoms with Crippen LogP contribution in [0.2, 0.25) is 5.02 Å². The van der Waals surface area contributed by atoms with Crippen molar-refractivity contribution in [2.24, 2.45) is 0 Å². The summed E-state index contributed by atoms with van der Waals surface area (Å²) in [4.78, 5) is 0. The zero-order chi connectivity index (χ0) is 10.8. The van der Waals surface area contributed by atoms with E-state index >= 15 is 0 Å². The Kier molecular flexibility index (Phi) is 2.66. The van der Waals surface area contributed by atoms with E-state index in [2.05, 4.69) is 6.07 Å². The van der Waals surface area contributed by atoms with E-state index in [4.69, 9.17) is 16.9 Å². The summed E-state index contributed by atoms with van der Waals surface area (Å²) in [6.07, 6.45) is 2.72. The molecule has 2 aromatic rings. The van der Waals surface area contributed by atoms with Crippen molar-refractivity contribution in [3.8, 4) is 6.07 Å². The molecule has 0 N–H and O–H groups in total. The first-order valence-corrected chi connectivity index (χ1v) is 5.30. The van der Waals surface area contributed by atoms with Gasteiger partial charge >= 0.3 is 0 Å². The van der Waals surface area contributed by atoms with Crippen molar-refractivity contribution in [1.82, 2.24) is 4.57 Å². The molecule has 0 spiro atoms. The lowest BCUT2D eigenvalue weighted by atomic mass is 10.2. The molecular weight excluding hydrogens is 208 g/mol. The van der Waals surface area contributed by atoms with Gasteiger partial charge in [0.2, 0.25) is 0 Å². The molecule has 0 bridgehead atoms. The summed E-state index contributed by atoms with van der Waals surface area (Å²) in [5.74, 6) is 0. The van der Waals surface area contributed by atoms with Gasteiger partial charge in [0.05, 0.1) is 11.6 Å². The lowest BCUT2D eigenvalue weighted by Crippen LogP contribution is -2.03. The number of fused-ring (bicyclic) bond motifs is 1. The Bertz CT molecular complexity index is 522. The van der Waals surface area contributed by atoms with Gasteiger partial charge in [0.1, 0.15) is 6.04 Å². The number of aromatic nitrogens is 1. The fraction of sp³-hybridized carbons (Fsp3) is 0.250. The number of benzene rings is 1. The van der Waals surface area contributed by atoms with E-state index in [1.54, 1.807) is 0 Å². The lowest BCUT2D eigenvalue weighted by Gasteiger charge is -2.09. The van der Waals surface area contributed by atoms with Gasteiger partial charge in [-0.15, -0.1) is 0 Å². The fourth-order valence-electron chi connectivity index (χ4n) is 1.77. The van der Waals surface area contributed by atoms with Crippen LogP contribution in [0.5, 0.6) is 0 Å². The molecule has 1 atom stereocenters. The number of rotatable bonds is 2. The maximum Gasteiger partial charge on any atom is 0.120 e. The van der Waals surface area contributed by atoms with E-state index in [-0.39, 0.29) is 6.04 Å². The maximum absolute atomic E-state index is 9.02. The fourth-order valence-corrected chi connectivity index (χ4v) is 2.01. The molecule has 0 aliphatic rings. The SMILES string of the molecule is CCC(C#N)n1ccc2c(Cl)cccc21. The Morgan fingerprint density at radius 3 is 2.93 bits per heavy atom. The summed E-state index contributed by atoms with van der Waals surface area (Å²) in [5, 5.41) is 10.8. The van der Waals surface area contributed by atoms with Gasteiger partial charge < -0.3 is 4.57 Å². The monoisotopic (exact) mass is 218 g/mol. The summed E-state index contributed by atoms with van der Waals surface area (Å²) in [6.45, 7) is 2.00. The predicted octanol–water partition coefficient (Wildman–Crippen LogP) is 3.77. The highest BCUT2D eigenvalue weighted by molar-refractivity contribution is 6.35. The molecule has 0 amide bonds. The Labute approximate surface area is 93.7 Å². The van der Waals surface area contributed by atoms with Crippen molar-refractivity contribution in [1.29, 1.82) is 5.26 Å². The molecule has 0 aliphatic heterocycles. The van der Waals surface area contributed by atoms with E-state index in [0.717, 1.165) is 22.3 Å². The number of nitriles is 1. The molecule has 0 fully saturated rings. The molecule has 0 aliphatic carbocycles. The van der Waals surface area contributed by atoms with Crippen LogP contribution < -0.4 is 0 Å². The predicted molar refractivity (Wildman–Crippen MR) is 61.9 cm³/mol. The molecule has 1 aromatic heterocycles. The number of hydrogen-bond acceptors (Lipinski definition) is 1. The summed E-state index contributed by atoms with van der Waals surface area (Å²) >= 11 is 6.07. The molecule has 76 valence electrons. The normalized spacial score (nSPS) is 12.6. The third-order valence-electron chi connectivity index (χ3n) is 2.58. The summed E-state index contributed by atoms with van der Waals surface area (Å²) in [6, 6.07) is 9.89. The second-order valence-corrected chi connectivity index (χ2v) is 3.86. The van der Waals surface area contributed by atoms with Crippen LogP contribution in [0.3, 0.4) is 0 Å². The van der Waals surface area contributed by atoms with Gasteiger partial charge in [0.25, 0.3) is 0 Å². The molecule has 0 radical (unpaired) electrons. The van der Waals surface area contributed by atoms with Crippen molar-refractivity contribution >= 4 is 22.5 Å². The summed E-state index contributed by atoms with van der Waals surface area (Å²) in [5.41, 5.74) is 1.02. The van der Waals surface area contributed by atoms with Crippen molar-refractivity contribution in [3.05, 3.63) is 35.5 Å². The van der Waals surface area contributed by atoms with E-state index in [0.29, 0.717) is 0 Å². The maximum atomic E-state index is 9.02. The van der Waals surface area contributed by atoms with Crippen LogP contribution in [0.25, 0.3) is 10.9 Å². The minimum atomic E-state index is -0.110. The molecular formula is C12H11ClN2. The minimum absolute atomic E-state index is 0.110. The topological polar surface area (TPSA) is 28.7 Å². The average Bonchev–Trinajstić information content (AvgIpc) is 2.66. The van der Waals surface area contributed by atoms with Crippen LogP contribution in [0.15, 0.2) is 30.5 Å². The third-order valence-corrected chi connectivity index (χ3v) is 2.91. The quantitative estimate of drug-likeness (QED) is 0.754. The average molecular weight is 219 g/mol. The molecule has 3 heteroatoms. The highest BCUT2D eigenvalue weighted by Crippen LogP contribution is 2.27. The Hall–Kier alpha value is -1.46. The molecule has 1 aromatic carbocycles. The molecule has 1 heterocycles. The number of halogens is 1. The third kappa shape index (κ3) is 1.60. The highest BCUT2D eigenvalue weighted by atomic mass is 35.5. The largest absolute Gasteiger partial charge is 0.331 e. The van der Waals surface area contributed by atoms with E-state index in [9.17, 15) is 0 Å². The van der Waals surface area contributed by atoms with Gasteiger partial charge in [0, 0.05) is 16.6 Å². The lowest BCUT2D eigenvalue weighted by molar-refractivity contribution is 0.617. The van der Waals surface area contributed by atoms with Gasteiger partial charge in [-0.2, -0.15) is 5.26 Å². The van der Waals surface area contributed by atoms with Gasteiger partial charge in [-0.3, -0.25) is 0 Å². The van der Waals surface area contributed by atoms with Crippen LogP contribution in [0, 0.1) is 11.3 Å². The zero-order valence-electron chi connectivity index (χ0n) is 8.44. The first kappa shape index (κ1) is 10.1. The van der Waals surface area contributed by atoms with Crippen molar-refractivity contribution in [2.45, 2.75) is 19.4 Å². The van der Waals surface area contributed by atoms with Gasteiger partial charge in [-0.25, -0.2) is 0 Å². The smallest absolute Gasteiger partial charge is 0.120 e. The molecule has 2 rings (SSSR count).